The van der Waals surface area contributed by atoms with Gasteiger partial charge in [0.15, 0.2) is 5.96 Å². The first-order chi connectivity index (χ1) is 15.1. The van der Waals surface area contributed by atoms with Crippen LogP contribution < -0.4 is 20.3 Å². The van der Waals surface area contributed by atoms with Crippen LogP contribution in [0.3, 0.4) is 0 Å². The minimum Gasteiger partial charge on any atom is -0.489 e. The lowest BCUT2D eigenvalue weighted by molar-refractivity contribution is 0.230. The molecule has 0 amide bonds. The Bertz CT molecular complexity index is 802. The molecule has 8 nitrogen and oxygen atoms in total. The lowest BCUT2D eigenvalue weighted by Crippen LogP contribution is -2.49. The highest BCUT2D eigenvalue weighted by Crippen LogP contribution is 2.13. The fourth-order valence-electron chi connectivity index (χ4n) is 3.30. The van der Waals surface area contributed by atoms with Crippen LogP contribution in [0, 0.1) is 5.82 Å². The molecule has 176 valence electrons. The Kier molecular flexibility index (Phi) is 11.4. The van der Waals surface area contributed by atoms with Crippen LogP contribution in [0.15, 0.2) is 47.7 Å². The summed E-state index contributed by atoms with van der Waals surface area (Å²) in [6, 6.07) is 7.88. The fourth-order valence-corrected chi connectivity index (χ4v) is 3.30. The summed E-state index contributed by atoms with van der Waals surface area (Å²) in [7, 11) is 0. The van der Waals surface area contributed by atoms with Crippen LogP contribution in [0.1, 0.15) is 13.8 Å². The van der Waals surface area contributed by atoms with Crippen LogP contribution in [0.4, 0.5) is 10.3 Å². The van der Waals surface area contributed by atoms with E-state index in [1.54, 1.807) is 24.5 Å². The van der Waals surface area contributed by atoms with Gasteiger partial charge >= 0.3 is 0 Å². The van der Waals surface area contributed by atoms with Crippen molar-refractivity contribution in [3.63, 3.8) is 0 Å². The number of piperazine rings is 1. The number of anilines is 1. The molecule has 2 N–H and O–H groups in total. The summed E-state index contributed by atoms with van der Waals surface area (Å²) in [4.78, 5) is 17.9. The van der Waals surface area contributed by atoms with Crippen molar-refractivity contribution < 1.29 is 9.13 Å². The molecule has 1 aromatic heterocycles. The van der Waals surface area contributed by atoms with Crippen molar-refractivity contribution in [2.45, 2.75) is 20.0 Å². The summed E-state index contributed by atoms with van der Waals surface area (Å²) in [6.07, 6.45) is 3.45. The number of hydrogen-bond donors (Lipinski definition) is 2. The third-order valence-corrected chi connectivity index (χ3v) is 4.93. The number of halogens is 2. The van der Waals surface area contributed by atoms with Gasteiger partial charge in [0.1, 0.15) is 17.7 Å². The number of ether oxygens (including phenoxy) is 1. The maximum atomic E-state index is 13.0. The largest absolute Gasteiger partial charge is 0.489 e. The molecule has 0 spiro atoms. The number of nitrogens with one attached hydrogen (secondary N) is 2. The van der Waals surface area contributed by atoms with Gasteiger partial charge in [0, 0.05) is 58.2 Å². The van der Waals surface area contributed by atoms with Crippen molar-refractivity contribution in [2.75, 3.05) is 57.3 Å². The van der Waals surface area contributed by atoms with E-state index in [2.05, 4.69) is 35.4 Å². The Morgan fingerprint density at radius 3 is 2.47 bits per heavy atom. The molecule has 0 saturated carbocycles. The minimum absolute atomic E-state index is 0. The SMILES string of the molecule is CCNC(=NCC(C)Oc1ccc(F)cc1)NCCN1CCN(c2ncccn2)CC1.I. The molecule has 0 radical (unpaired) electrons. The summed E-state index contributed by atoms with van der Waals surface area (Å²) in [5, 5.41) is 6.66. The highest BCUT2D eigenvalue weighted by molar-refractivity contribution is 14.0. The second-order valence-electron chi connectivity index (χ2n) is 7.41. The van der Waals surface area contributed by atoms with Crippen molar-refractivity contribution in [3.8, 4) is 5.75 Å². The van der Waals surface area contributed by atoms with Crippen molar-refractivity contribution in [1.29, 1.82) is 0 Å². The van der Waals surface area contributed by atoms with Gasteiger partial charge in [-0.1, -0.05) is 0 Å². The van der Waals surface area contributed by atoms with E-state index >= 15 is 0 Å². The van der Waals surface area contributed by atoms with E-state index in [4.69, 9.17) is 4.74 Å². The molecular weight excluding hydrogens is 524 g/mol. The molecule has 2 heterocycles. The van der Waals surface area contributed by atoms with Crippen molar-refractivity contribution in [3.05, 3.63) is 48.5 Å². The lowest BCUT2D eigenvalue weighted by Gasteiger charge is -2.34. The standard InChI is InChI=1S/C22H32FN7O.HI/c1-3-24-21(28-17-18(2)31-20-7-5-19(23)6-8-20)25-11-12-29-13-15-30(16-14-29)22-26-9-4-10-27-22;/h4-10,18H,3,11-17H2,1-2H3,(H2,24,25,28);1H. The summed E-state index contributed by atoms with van der Waals surface area (Å²) in [6.45, 7) is 10.8. The Balaban J connectivity index is 0.00000363. The van der Waals surface area contributed by atoms with Gasteiger partial charge in [-0.3, -0.25) is 4.90 Å². The molecule has 32 heavy (non-hydrogen) atoms. The molecular formula is C22H33FIN7O. The molecule has 1 saturated heterocycles. The number of aliphatic imine (C=N–C) groups is 1. The molecule has 0 bridgehead atoms. The number of rotatable bonds is 9. The predicted molar refractivity (Wildman–Crippen MR) is 137 cm³/mol. The molecule has 1 aromatic carbocycles. The monoisotopic (exact) mass is 557 g/mol. The molecule has 1 aliphatic rings. The first-order valence-corrected chi connectivity index (χ1v) is 10.8. The van der Waals surface area contributed by atoms with Gasteiger partial charge in [0.25, 0.3) is 0 Å². The van der Waals surface area contributed by atoms with Gasteiger partial charge in [-0.15, -0.1) is 24.0 Å². The summed E-state index contributed by atoms with van der Waals surface area (Å²) in [5.41, 5.74) is 0. The van der Waals surface area contributed by atoms with E-state index < -0.39 is 0 Å². The minimum atomic E-state index is -0.272. The van der Waals surface area contributed by atoms with Crippen molar-refractivity contribution in [1.82, 2.24) is 25.5 Å². The summed E-state index contributed by atoms with van der Waals surface area (Å²) < 4.78 is 18.8. The fraction of sp³-hybridized carbons (Fsp3) is 0.500. The van der Waals surface area contributed by atoms with E-state index in [9.17, 15) is 4.39 Å². The van der Waals surface area contributed by atoms with E-state index in [0.717, 1.165) is 57.7 Å². The number of nitrogens with zero attached hydrogens (tertiary/aromatic N) is 5. The molecule has 1 fully saturated rings. The predicted octanol–water partition coefficient (Wildman–Crippen LogP) is 2.38. The Morgan fingerprint density at radius 1 is 1.12 bits per heavy atom. The molecule has 1 unspecified atom stereocenters. The topological polar surface area (TPSA) is 77.9 Å². The van der Waals surface area contributed by atoms with Crippen LogP contribution >= 0.6 is 24.0 Å². The first kappa shape index (κ1) is 26.0. The number of benzene rings is 1. The average Bonchev–Trinajstić information content (AvgIpc) is 2.80. The summed E-state index contributed by atoms with van der Waals surface area (Å²) >= 11 is 0. The maximum absolute atomic E-state index is 13.0. The maximum Gasteiger partial charge on any atom is 0.225 e. The zero-order valence-corrected chi connectivity index (χ0v) is 21.0. The van der Waals surface area contributed by atoms with E-state index in [1.807, 2.05) is 19.9 Å². The smallest absolute Gasteiger partial charge is 0.225 e. The number of guanidine groups is 1. The second kappa shape index (κ2) is 14.0. The Labute approximate surface area is 206 Å². The van der Waals surface area contributed by atoms with Crippen LogP contribution in [0.5, 0.6) is 5.75 Å². The van der Waals surface area contributed by atoms with E-state index in [1.165, 1.54) is 12.1 Å². The molecule has 2 aromatic rings. The first-order valence-electron chi connectivity index (χ1n) is 10.8. The van der Waals surface area contributed by atoms with Crippen LogP contribution in [0.25, 0.3) is 0 Å². The third kappa shape index (κ3) is 8.73. The van der Waals surface area contributed by atoms with E-state index in [-0.39, 0.29) is 35.9 Å². The molecule has 1 aliphatic heterocycles. The highest BCUT2D eigenvalue weighted by atomic mass is 127. The highest BCUT2D eigenvalue weighted by Gasteiger charge is 2.18. The van der Waals surface area contributed by atoms with Gasteiger partial charge < -0.3 is 20.3 Å². The van der Waals surface area contributed by atoms with Gasteiger partial charge in [-0.05, 0) is 44.2 Å². The van der Waals surface area contributed by atoms with Gasteiger partial charge in [0.05, 0.1) is 6.54 Å². The Morgan fingerprint density at radius 2 is 1.81 bits per heavy atom. The number of hydrogen-bond acceptors (Lipinski definition) is 6. The second-order valence-corrected chi connectivity index (χ2v) is 7.41. The van der Waals surface area contributed by atoms with Gasteiger partial charge in [0.2, 0.25) is 5.95 Å². The van der Waals surface area contributed by atoms with Gasteiger partial charge in [-0.25, -0.2) is 19.4 Å². The van der Waals surface area contributed by atoms with Crippen molar-refractivity contribution in [2.24, 2.45) is 4.99 Å². The van der Waals surface area contributed by atoms with Crippen LogP contribution in [0.2, 0.25) is 0 Å². The van der Waals surface area contributed by atoms with Crippen molar-refractivity contribution >= 4 is 35.9 Å². The molecule has 3 rings (SSSR count). The zero-order valence-electron chi connectivity index (χ0n) is 18.7. The molecule has 10 heteroatoms. The van der Waals surface area contributed by atoms with Crippen LogP contribution in [-0.4, -0.2) is 79.3 Å². The van der Waals surface area contributed by atoms with Gasteiger partial charge in [-0.2, -0.15) is 0 Å². The third-order valence-electron chi connectivity index (χ3n) is 4.93. The zero-order chi connectivity index (χ0) is 21.9. The lowest BCUT2D eigenvalue weighted by atomic mass is 10.3. The quantitative estimate of drug-likeness (QED) is 0.279. The number of aromatic nitrogens is 2. The normalized spacial score (nSPS) is 15.6. The molecule has 1 atom stereocenters. The Hall–Kier alpha value is -2.21. The summed E-state index contributed by atoms with van der Waals surface area (Å²) in [5.74, 6) is 1.95. The van der Waals surface area contributed by atoms with Crippen LogP contribution in [-0.2, 0) is 0 Å². The average molecular weight is 557 g/mol. The van der Waals surface area contributed by atoms with E-state index in [0.29, 0.717) is 12.3 Å². The molecule has 0 aliphatic carbocycles.